The maximum Gasteiger partial charge on any atom is 0.0891 e. The molecule has 1 aliphatic carbocycles. The maximum absolute atomic E-state index is 4.59. The average molecular weight is 1130 g/mol. The smallest absolute Gasteiger partial charge is 0.0891 e. The Morgan fingerprint density at radius 1 is 0.253 bits per heavy atom. The van der Waals surface area contributed by atoms with Crippen LogP contribution in [0.1, 0.15) is 36.1 Å². The molecule has 12 aromatic rings. The summed E-state index contributed by atoms with van der Waals surface area (Å²) in [6.07, 6.45) is 3.97. The molecule has 0 saturated carbocycles. The second kappa shape index (κ2) is 24.4. The Hall–Kier alpha value is -11.5. The summed E-state index contributed by atoms with van der Waals surface area (Å²) in [5.41, 5.74) is 24.6. The van der Waals surface area contributed by atoms with Gasteiger partial charge in [-0.05, 0) is 143 Å². The van der Waals surface area contributed by atoms with Gasteiger partial charge in [0.05, 0.1) is 45.5 Å². The minimum Gasteiger partial charge on any atom is -0.353 e. The van der Waals surface area contributed by atoms with Crippen LogP contribution in [-0.4, -0.2) is 0 Å². The molecule has 87 heavy (non-hydrogen) atoms. The van der Waals surface area contributed by atoms with E-state index in [0.29, 0.717) is 0 Å². The second-order valence-electron chi connectivity index (χ2n) is 22.1. The van der Waals surface area contributed by atoms with Crippen LogP contribution in [0.25, 0.3) is 45.5 Å². The topological polar surface area (TPSA) is 96.2 Å². The number of anilines is 16. The molecule has 13 rings (SSSR count). The van der Waals surface area contributed by atoms with Gasteiger partial charge in [0, 0.05) is 73.2 Å². The predicted octanol–water partition coefficient (Wildman–Crippen LogP) is 22.6. The molecule has 0 saturated heterocycles. The third-order valence-electron chi connectivity index (χ3n) is 16.1. The molecule has 0 spiro atoms. The lowest BCUT2D eigenvalue weighted by molar-refractivity contribution is 0.661. The van der Waals surface area contributed by atoms with Crippen LogP contribution in [0.2, 0.25) is 0 Å². The van der Waals surface area contributed by atoms with Gasteiger partial charge in [0.25, 0.3) is 0 Å². The second-order valence-corrected chi connectivity index (χ2v) is 22.1. The van der Waals surface area contributed by atoms with Crippen LogP contribution in [-0.2, 0) is 5.41 Å². The van der Waals surface area contributed by atoms with Crippen LogP contribution >= 0.6 is 0 Å². The van der Waals surface area contributed by atoms with Crippen molar-refractivity contribution < 1.29 is 0 Å². The molecule has 0 radical (unpaired) electrons. The quantitative estimate of drug-likeness (QED) is 0.0383. The highest BCUT2D eigenvalue weighted by atomic mass is 15.1. The van der Waals surface area contributed by atoms with Crippen LogP contribution in [0, 0.1) is 0 Å². The van der Waals surface area contributed by atoms with E-state index >= 15 is 0 Å². The zero-order valence-corrected chi connectivity index (χ0v) is 48.6. The summed E-state index contributed by atoms with van der Waals surface area (Å²) in [4.78, 5) is 0. The van der Waals surface area contributed by atoms with E-state index in [4.69, 9.17) is 0 Å². The highest BCUT2D eigenvalue weighted by Gasteiger charge is 2.38. The Balaban J connectivity index is 1.03. The van der Waals surface area contributed by atoms with E-state index in [9.17, 15) is 0 Å². The summed E-state index contributed by atoms with van der Waals surface area (Å²) in [5.74, 6) is 0. The van der Waals surface area contributed by atoms with Gasteiger partial charge in [0.1, 0.15) is 0 Å². The monoisotopic (exact) mass is 1130 g/mol. The van der Waals surface area contributed by atoms with Crippen molar-refractivity contribution >= 4 is 103 Å². The molecule has 0 atom stereocenters. The molecule has 8 heteroatoms. The largest absolute Gasteiger partial charge is 0.353 e. The molecule has 0 heterocycles. The van der Waals surface area contributed by atoms with E-state index < -0.39 is 5.41 Å². The van der Waals surface area contributed by atoms with Crippen molar-refractivity contribution in [1.29, 1.82) is 0 Å². The number of nitrogens with one attached hydrogen (secondary N) is 8. The third-order valence-corrected chi connectivity index (χ3v) is 16.1. The predicted molar refractivity (Wildman–Crippen MR) is 373 cm³/mol. The molecule has 8 nitrogen and oxygen atoms in total. The zero-order chi connectivity index (χ0) is 59.1. The average Bonchev–Trinajstić information content (AvgIpc) is 1.71. The Kier molecular flexibility index (Phi) is 15.3. The Morgan fingerprint density at radius 2 is 0.460 bits per heavy atom. The summed E-state index contributed by atoms with van der Waals surface area (Å²) in [5, 5.41) is 31.3. The molecule has 12 aromatic carbocycles. The molecule has 0 unspecified atom stereocenters. The molecule has 0 aliphatic heterocycles. The molecule has 8 N–H and O–H groups in total. The number of hydrogen-bond donors (Lipinski definition) is 8. The highest BCUT2D eigenvalue weighted by molar-refractivity contribution is 6.12. The first kappa shape index (κ1) is 54.8. The van der Waals surface area contributed by atoms with Gasteiger partial charge in [0.2, 0.25) is 0 Å². The van der Waals surface area contributed by atoms with Crippen LogP contribution in [0.15, 0.2) is 292 Å². The molecule has 0 amide bonds. The van der Waals surface area contributed by atoms with E-state index in [1.54, 1.807) is 0 Å². The van der Waals surface area contributed by atoms with E-state index in [1.807, 2.05) is 60.7 Å². The molecule has 0 aromatic heterocycles. The third kappa shape index (κ3) is 11.3. The summed E-state index contributed by atoms with van der Waals surface area (Å²) in [7, 11) is 0. The molecule has 422 valence electrons. The zero-order valence-electron chi connectivity index (χ0n) is 48.6. The van der Waals surface area contributed by atoms with Crippen molar-refractivity contribution in [2.45, 2.75) is 19.3 Å². The van der Waals surface area contributed by atoms with Crippen LogP contribution in [0.5, 0.6) is 0 Å². The number of hydrogen-bond acceptors (Lipinski definition) is 8. The van der Waals surface area contributed by atoms with Crippen molar-refractivity contribution in [3.63, 3.8) is 0 Å². The lowest BCUT2D eigenvalue weighted by atomic mass is 9.80. The van der Waals surface area contributed by atoms with E-state index in [1.165, 1.54) is 22.3 Å². The van der Waals surface area contributed by atoms with Gasteiger partial charge in [-0.2, -0.15) is 0 Å². The minimum absolute atomic E-state index is 0.477. The van der Waals surface area contributed by atoms with Gasteiger partial charge in [-0.1, -0.05) is 209 Å². The van der Waals surface area contributed by atoms with Crippen molar-refractivity contribution in [2.24, 2.45) is 0 Å². The van der Waals surface area contributed by atoms with E-state index in [0.717, 1.165) is 124 Å². The molecule has 0 bridgehead atoms. The fourth-order valence-electron chi connectivity index (χ4n) is 11.9. The van der Waals surface area contributed by atoms with E-state index in [-0.39, 0.29) is 0 Å². The van der Waals surface area contributed by atoms with Crippen molar-refractivity contribution in [3.05, 3.63) is 314 Å². The Morgan fingerprint density at radius 3 is 0.690 bits per heavy atom. The van der Waals surface area contributed by atoms with Crippen LogP contribution in [0.4, 0.5) is 91.0 Å². The number of para-hydroxylation sites is 8. The molecular weight excluding hydrogens is 1060 g/mol. The van der Waals surface area contributed by atoms with Crippen LogP contribution in [0.3, 0.4) is 0 Å². The first-order valence-electron chi connectivity index (χ1n) is 29.4. The number of fused-ring (bicyclic) bond motifs is 3. The first-order chi connectivity index (χ1) is 42.8. The normalized spacial score (nSPS) is 11.7. The van der Waals surface area contributed by atoms with Gasteiger partial charge >= 0.3 is 0 Å². The van der Waals surface area contributed by atoms with Crippen molar-refractivity contribution in [3.8, 4) is 33.4 Å². The van der Waals surface area contributed by atoms with Gasteiger partial charge < -0.3 is 42.5 Å². The van der Waals surface area contributed by atoms with Gasteiger partial charge in [-0.3, -0.25) is 0 Å². The summed E-state index contributed by atoms with van der Waals surface area (Å²) < 4.78 is 0. The van der Waals surface area contributed by atoms with Gasteiger partial charge in [-0.25, -0.2) is 0 Å². The summed E-state index contributed by atoms with van der Waals surface area (Å²) >= 11 is 0. The minimum atomic E-state index is -0.477. The van der Waals surface area contributed by atoms with Gasteiger partial charge in [0.15, 0.2) is 0 Å². The fourth-order valence-corrected chi connectivity index (χ4v) is 11.9. The van der Waals surface area contributed by atoms with Crippen molar-refractivity contribution in [1.82, 2.24) is 0 Å². The lowest BCUT2D eigenvalue weighted by Crippen LogP contribution is -2.15. The maximum atomic E-state index is 4.59. The van der Waals surface area contributed by atoms with E-state index in [2.05, 4.69) is 300 Å². The summed E-state index contributed by atoms with van der Waals surface area (Å²) in [6.45, 7) is 13.9. The SMILES string of the molecule is C=Cc1c(Nc2ccccc2)c(Nc2ccccc2)c(Nc2ccccc2)c(Nc2ccccc2)c1-c1ccc2c(c1)C(C)(C)c1cc(-c3c(C=C)c(Nc4ccccc4)c(Nc4ccccc4)c(Nc4ccccc4)c3Nc3ccccc3)ccc1-2. The highest BCUT2D eigenvalue weighted by Crippen LogP contribution is 2.57. The number of rotatable bonds is 20. The lowest BCUT2D eigenvalue weighted by Gasteiger charge is -2.29. The summed E-state index contributed by atoms with van der Waals surface area (Å²) in [6, 6.07) is 96.8. The van der Waals surface area contributed by atoms with Crippen LogP contribution < -0.4 is 42.5 Å². The fraction of sp³-hybridized carbons (Fsp3) is 0.0380. The van der Waals surface area contributed by atoms with Crippen molar-refractivity contribution in [2.75, 3.05) is 42.5 Å². The molecule has 0 fully saturated rings. The Labute approximate surface area is 510 Å². The molecular formula is C79H66N8. The number of benzene rings is 12. The first-order valence-corrected chi connectivity index (χ1v) is 29.4. The van der Waals surface area contributed by atoms with Gasteiger partial charge in [-0.15, -0.1) is 0 Å². The molecule has 1 aliphatic rings. The Bertz CT molecular complexity index is 4120. The standard InChI is InChI=1S/C79H66N8/c1-5-63-69(73(82-57-35-19-9-20-36-57)77(86-61-43-27-13-28-44-61)75(84-59-39-23-11-24-40-59)71(63)80-55-31-15-7-16-32-55)53-47-49-65-66-50-48-54(52-68(66)79(3,4)67(65)51-53)70-64(6-2)72(81-56-33-17-8-18-34-56)76(85-60-41-25-12-26-42-60)78(87-62-45-29-14-30-46-62)74(70)83-58-37-21-10-22-38-58/h5-52,80-87H,1-2H2,3-4H3.